The van der Waals surface area contributed by atoms with Gasteiger partial charge in [-0.3, -0.25) is 0 Å². The maximum absolute atomic E-state index is 2.36. The zero-order chi connectivity index (χ0) is 7.73. The molecular formula is C9H12S2. The molecule has 1 aliphatic carbocycles. The first-order valence-electron chi connectivity index (χ1n) is 3.94. The largest absolute Gasteiger partial charge is 0.143 e. The lowest BCUT2D eigenvalue weighted by atomic mass is 10.1. The lowest BCUT2D eigenvalue weighted by Crippen LogP contribution is -2.20. The monoisotopic (exact) mass is 184 g/mol. The topological polar surface area (TPSA) is 0 Å². The van der Waals surface area contributed by atoms with Gasteiger partial charge in [-0.1, -0.05) is 24.3 Å². The molecule has 1 heterocycles. The maximum atomic E-state index is 2.36. The zero-order valence-electron chi connectivity index (χ0n) is 6.62. The molecule has 2 aliphatic rings. The summed E-state index contributed by atoms with van der Waals surface area (Å²) in [4.78, 5) is 0. The van der Waals surface area contributed by atoms with Gasteiger partial charge >= 0.3 is 0 Å². The Kier molecular flexibility index (Phi) is 2.06. The van der Waals surface area contributed by atoms with E-state index in [0.29, 0.717) is 10.00 Å². The predicted molar refractivity (Wildman–Crippen MR) is 55.1 cm³/mol. The maximum Gasteiger partial charge on any atom is 0.0680 e. The standard InChI is InChI=1S/C9H12S2/c1-9(10-6-7-11-9)8-4-2-3-5-8/h2-5,8H,6-7H2,1H3. The van der Waals surface area contributed by atoms with E-state index < -0.39 is 0 Å². The van der Waals surface area contributed by atoms with Gasteiger partial charge < -0.3 is 0 Å². The Morgan fingerprint density at radius 2 is 1.73 bits per heavy atom. The number of thioether (sulfide) groups is 2. The molecule has 0 unspecified atom stereocenters. The summed E-state index contributed by atoms with van der Waals surface area (Å²) in [5, 5.41) is 0. The number of hydrogen-bond donors (Lipinski definition) is 0. The first kappa shape index (κ1) is 7.81. The first-order chi connectivity index (χ1) is 5.31. The van der Waals surface area contributed by atoms with E-state index in [9.17, 15) is 0 Å². The average Bonchev–Trinajstić information content (AvgIpc) is 2.55. The van der Waals surface area contributed by atoms with Crippen LogP contribution in [-0.4, -0.2) is 15.6 Å². The fraction of sp³-hybridized carbons (Fsp3) is 0.556. The van der Waals surface area contributed by atoms with Crippen molar-refractivity contribution in [3.05, 3.63) is 24.3 Å². The summed E-state index contributed by atoms with van der Waals surface area (Å²) in [5.41, 5.74) is 0. The molecule has 0 nitrogen and oxygen atoms in total. The molecule has 0 atom stereocenters. The Hall–Kier alpha value is 0.180. The van der Waals surface area contributed by atoms with Crippen molar-refractivity contribution in [1.82, 2.24) is 0 Å². The second-order valence-electron chi connectivity index (χ2n) is 3.01. The van der Waals surface area contributed by atoms with E-state index in [4.69, 9.17) is 0 Å². The Morgan fingerprint density at radius 3 is 2.27 bits per heavy atom. The highest BCUT2D eigenvalue weighted by Gasteiger charge is 2.36. The fourth-order valence-electron chi connectivity index (χ4n) is 1.50. The minimum atomic E-state index is 0.434. The normalized spacial score (nSPS) is 28.5. The van der Waals surface area contributed by atoms with E-state index in [1.54, 1.807) is 0 Å². The molecule has 0 radical (unpaired) electrons. The minimum Gasteiger partial charge on any atom is -0.143 e. The second-order valence-corrected chi connectivity index (χ2v) is 6.36. The molecule has 0 spiro atoms. The molecular weight excluding hydrogens is 172 g/mol. The van der Waals surface area contributed by atoms with Crippen LogP contribution in [0.15, 0.2) is 24.3 Å². The van der Waals surface area contributed by atoms with Gasteiger partial charge in [0.05, 0.1) is 4.08 Å². The quantitative estimate of drug-likeness (QED) is 0.614. The number of rotatable bonds is 1. The van der Waals surface area contributed by atoms with Crippen LogP contribution in [-0.2, 0) is 0 Å². The van der Waals surface area contributed by atoms with Crippen LogP contribution in [0.4, 0.5) is 0 Å². The Labute approximate surface area is 76.5 Å². The number of hydrogen-bond acceptors (Lipinski definition) is 2. The van der Waals surface area contributed by atoms with Crippen LogP contribution in [0.2, 0.25) is 0 Å². The van der Waals surface area contributed by atoms with Crippen molar-refractivity contribution in [1.29, 1.82) is 0 Å². The van der Waals surface area contributed by atoms with Crippen molar-refractivity contribution < 1.29 is 0 Å². The molecule has 2 heteroatoms. The Morgan fingerprint density at radius 1 is 1.18 bits per heavy atom. The summed E-state index contributed by atoms with van der Waals surface area (Å²) in [7, 11) is 0. The van der Waals surface area contributed by atoms with Gasteiger partial charge in [-0.2, -0.15) is 0 Å². The summed E-state index contributed by atoms with van der Waals surface area (Å²) in [6.45, 7) is 2.36. The van der Waals surface area contributed by atoms with Gasteiger partial charge in [-0.05, 0) is 6.92 Å². The van der Waals surface area contributed by atoms with Gasteiger partial charge in [0.1, 0.15) is 0 Å². The number of allylic oxidation sites excluding steroid dienone is 4. The molecule has 1 aliphatic heterocycles. The van der Waals surface area contributed by atoms with Gasteiger partial charge in [0.2, 0.25) is 0 Å². The molecule has 1 fully saturated rings. The summed E-state index contributed by atoms with van der Waals surface area (Å²) >= 11 is 4.20. The molecule has 0 bridgehead atoms. The summed E-state index contributed by atoms with van der Waals surface area (Å²) < 4.78 is 0.434. The van der Waals surface area contributed by atoms with Crippen molar-refractivity contribution in [3.8, 4) is 0 Å². The molecule has 1 saturated heterocycles. The summed E-state index contributed by atoms with van der Waals surface area (Å²) in [6, 6.07) is 0. The van der Waals surface area contributed by atoms with Crippen LogP contribution in [0, 0.1) is 5.92 Å². The highest BCUT2D eigenvalue weighted by Crippen LogP contribution is 2.50. The van der Waals surface area contributed by atoms with Crippen LogP contribution in [0.3, 0.4) is 0 Å². The van der Waals surface area contributed by atoms with E-state index in [2.05, 4.69) is 54.8 Å². The van der Waals surface area contributed by atoms with E-state index in [-0.39, 0.29) is 0 Å². The van der Waals surface area contributed by atoms with Crippen LogP contribution in [0.1, 0.15) is 6.92 Å². The zero-order valence-corrected chi connectivity index (χ0v) is 8.25. The van der Waals surface area contributed by atoms with E-state index in [0.717, 1.165) is 0 Å². The molecule has 60 valence electrons. The van der Waals surface area contributed by atoms with Crippen LogP contribution in [0.5, 0.6) is 0 Å². The molecule has 0 saturated carbocycles. The average molecular weight is 184 g/mol. The minimum absolute atomic E-state index is 0.434. The third-order valence-corrected chi connectivity index (χ3v) is 5.69. The molecule has 0 aromatic rings. The smallest absolute Gasteiger partial charge is 0.0680 e. The Balaban J connectivity index is 2.12. The van der Waals surface area contributed by atoms with Crippen molar-refractivity contribution >= 4 is 23.5 Å². The third kappa shape index (κ3) is 1.38. The fourth-order valence-corrected chi connectivity index (χ4v) is 4.51. The SMILES string of the molecule is CC1(C2C=CC=C2)SCCS1. The second kappa shape index (κ2) is 2.91. The van der Waals surface area contributed by atoms with Gasteiger partial charge in [0.15, 0.2) is 0 Å². The van der Waals surface area contributed by atoms with Crippen LogP contribution in [0.25, 0.3) is 0 Å². The van der Waals surface area contributed by atoms with E-state index >= 15 is 0 Å². The molecule has 0 aromatic carbocycles. The van der Waals surface area contributed by atoms with Crippen molar-refractivity contribution in [2.24, 2.45) is 5.92 Å². The van der Waals surface area contributed by atoms with E-state index in [1.807, 2.05) is 0 Å². The van der Waals surface area contributed by atoms with Gasteiger partial charge in [0.25, 0.3) is 0 Å². The van der Waals surface area contributed by atoms with Gasteiger partial charge in [0, 0.05) is 17.4 Å². The molecule has 2 rings (SSSR count). The first-order valence-corrected chi connectivity index (χ1v) is 5.91. The highest BCUT2D eigenvalue weighted by molar-refractivity contribution is 8.21. The summed E-state index contributed by atoms with van der Waals surface area (Å²) in [6.07, 6.45) is 8.95. The lowest BCUT2D eigenvalue weighted by Gasteiger charge is -2.26. The summed E-state index contributed by atoms with van der Waals surface area (Å²) in [5.74, 6) is 3.30. The third-order valence-electron chi connectivity index (χ3n) is 2.21. The van der Waals surface area contributed by atoms with Crippen LogP contribution >= 0.6 is 23.5 Å². The highest BCUT2D eigenvalue weighted by atomic mass is 32.2. The van der Waals surface area contributed by atoms with E-state index in [1.165, 1.54) is 11.5 Å². The molecule has 0 N–H and O–H groups in total. The predicted octanol–water partition coefficient (Wildman–Crippen LogP) is 2.92. The lowest BCUT2D eigenvalue weighted by molar-refractivity contribution is 0.758. The molecule has 11 heavy (non-hydrogen) atoms. The van der Waals surface area contributed by atoms with Crippen molar-refractivity contribution in [2.45, 2.75) is 11.0 Å². The van der Waals surface area contributed by atoms with Gasteiger partial charge in [-0.25, -0.2) is 0 Å². The molecule has 0 aromatic heterocycles. The Bertz CT molecular complexity index is 188. The van der Waals surface area contributed by atoms with Crippen molar-refractivity contribution in [3.63, 3.8) is 0 Å². The van der Waals surface area contributed by atoms with Gasteiger partial charge in [-0.15, -0.1) is 23.5 Å². The van der Waals surface area contributed by atoms with Crippen molar-refractivity contribution in [2.75, 3.05) is 11.5 Å². The van der Waals surface area contributed by atoms with Crippen LogP contribution < -0.4 is 0 Å². The molecule has 0 amide bonds.